The first-order chi connectivity index (χ1) is 8.23. The third kappa shape index (κ3) is 4.62. The van der Waals surface area contributed by atoms with Gasteiger partial charge in [0.2, 0.25) is 11.8 Å². The second kappa shape index (κ2) is 5.67. The van der Waals surface area contributed by atoms with Crippen molar-refractivity contribution in [2.45, 2.75) is 44.7 Å². The maximum absolute atomic E-state index is 11.9. The van der Waals surface area contributed by atoms with E-state index in [0.29, 0.717) is 26.1 Å². The van der Waals surface area contributed by atoms with Gasteiger partial charge in [0, 0.05) is 18.8 Å². The molecule has 1 heterocycles. The van der Waals surface area contributed by atoms with Crippen LogP contribution in [0.2, 0.25) is 0 Å². The summed E-state index contributed by atoms with van der Waals surface area (Å²) in [7, 11) is 0. The highest BCUT2D eigenvalue weighted by atomic mass is 16.5. The Hall–Kier alpha value is -1.14. The van der Waals surface area contributed by atoms with Gasteiger partial charge in [-0.25, -0.2) is 0 Å². The van der Waals surface area contributed by atoms with E-state index in [0.717, 1.165) is 0 Å². The summed E-state index contributed by atoms with van der Waals surface area (Å²) in [5.41, 5.74) is 4.79. The summed E-state index contributed by atoms with van der Waals surface area (Å²) in [5, 5.41) is 5.35. The maximum Gasteiger partial charge on any atom is 0.240 e. The molecule has 4 N–H and O–H groups in total. The molecule has 0 aliphatic carbocycles. The van der Waals surface area contributed by atoms with Crippen LogP contribution in [-0.4, -0.2) is 42.7 Å². The molecule has 2 amide bonds. The molecule has 1 aliphatic rings. The lowest BCUT2D eigenvalue weighted by molar-refractivity contribution is -0.132. The highest BCUT2D eigenvalue weighted by molar-refractivity contribution is 5.90. The summed E-state index contributed by atoms with van der Waals surface area (Å²) in [6.07, 6.45) is 0.972. The Morgan fingerprint density at radius 1 is 1.28 bits per heavy atom. The van der Waals surface area contributed by atoms with Crippen molar-refractivity contribution in [1.82, 2.24) is 10.6 Å². The summed E-state index contributed by atoms with van der Waals surface area (Å²) < 4.78 is 5.17. The molecule has 6 heteroatoms. The highest BCUT2D eigenvalue weighted by Gasteiger charge is 2.35. The minimum absolute atomic E-state index is 0.0457. The number of hydrogen-bond acceptors (Lipinski definition) is 4. The highest BCUT2D eigenvalue weighted by Crippen LogP contribution is 2.17. The lowest BCUT2D eigenvalue weighted by Gasteiger charge is -2.31. The first-order valence-corrected chi connectivity index (χ1v) is 6.19. The smallest absolute Gasteiger partial charge is 0.240 e. The Bertz CT molecular complexity index is 317. The summed E-state index contributed by atoms with van der Waals surface area (Å²) in [5.74, 6) is -0.499. The SMILES string of the molecule is CC(C)(C)NC(=O)CNC(=O)C1(N)CCOCC1. The summed E-state index contributed by atoms with van der Waals surface area (Å²) >= 11 is 0. The Balaban J connectivity index is 2.39. The molecular weight excluding hydrogens is 234 g/mol. The van der Waals surface area contributed by atoms with Gasteiger partial charge >= 0.3 is 0 Å². The molecule has 1 fully saturated rings. The Morgan fingerprint density at radius 3 is 2.33 bits per heavy atom. The fourth-order valence-electron chi connectivity index (χ4n) is 1.76. The molecule has 0 aromatic heterocycles. The van der Waals surface area contributed by atoms with Gasteiger partial charge in [0.15, 0.2) is 0 Å². The van der Waals surface area contributed by atoms with Crippen LogP contribution in [0.4, 0.5) is 0 Å². The van der Waals surface area contributed by atoms with Crippen molar-refractivity contribution in [3.05, 3.63) is 0 Å². The van der Waals surface area contributed by atoms with E-state index in [1.165, 1.54) is 0 Å². The number of nitrogens with two attached hydrogens (primary N) is 1. The van der Waals surface area contributed by atoms with Gasteiger partial charge < -0.3 is 21.1 Å². The van der Waals surface area contributed by atoms with Crippen molar-refractivity contribution in [1.29, 1.82) is 0 Å². The number of carbonyl (C=O) groups excluding carboxylic acids is 2. The van der Waals surface area contributed by atoms with Crippen LogP contribution in [0.3, 0.4) is 0 Å². The van der Waals surface area contributed by atoms with Crippen LogP contribution in [-0.2, 0) is 14.3 Å². The summed E-state index contributed by atoms with van der Waals surface area (Å²) in [6, 6.07) is 0. The van der Waals surface area contributed by atoms with Gasteiger partial charge in [-0.3, -0.25) is 9.59 Å². The van der Waals surface area contributed by atoms with E-state index in [9.17, 15) is 9.59 Å². The van der Waals surface area contributed by atoms with E-state index in [-0.39, 0.29) is 23.9 Å². The Labute approximate surface area is 108 Å². The lowest BCUT2D eigenvalue weighted by Crippen LogP contribution is -2.58. The molecule has 0 aromatic rings. The molecule has 0 unspecified atom stereocenters. The largest absolute Gasteiger partial charge is 0.381 e. The topological polar surface area (TPSA) is 93.5 Å². The molecule has 6 nitrogen and oxygen atoms in total. The molecule has 0 atom stereocenters. The van der Waals surface area contributed by atoms with Crippen molar-refractivity contribution >= 4 is 11.8 Å². The van der Waals surface area contributed by atoms with Crippen molar-refractivity contribution in [2.24, 2.45) is 5.73 Å². The quantitative estimate of drug-likeness (QED) is 0.637. The Kier molecular flexibility index (Phi) is 4.70. The van der Waals surface area contributed by atoms with Crippen LogP contribution < -0.4 is 16.4 Å². The first kappa shape index (κ1) is 14.9. The molecule has 0 spiro atoms. The van der Waals surface area contributed by atoms with E-state index in [2.05, 4.69) is 10.6 Å². The third-order valence-corrected chi connectivity index (χ3v) is 2.76. The third-order valence-electron chi connectivity index (χ3n) is 2.76. The van der Waals surface area contributed by atoms with E-state index in [1.807, 2.05) is 20.8 Å². The summed E-state index contributed by atoms with van der Waals surface area (Å²) in [6.45, 7) is 6.58. The fraction of sp³-hybridized carbons (Fsp3) is 0.833. The zero-order valence-corrected chi connectivity index (χ0v) is 11.3. The van der Waals surface area contributed by atoms with Gasteiger partial charge in [0.05, 0.1) is 12.1 Å². The predicted octanol–water partition coefficient (Wildman–Crippen LogP) is -0.475. The summed E-state index contributed by atoms with van der Waals surface area (Å²) in [4.78, 5) is 23.5. The standard InChI is InChI=1S/C12H23N3O3/c1-11(2,3)15-9(16)8-14-10(17)12(13)4-6-18-7-5-12/h4-8,13H2,1-3H3,(H,14,17)(H,15,16). The monoisotopic (exact) mass is 257 g/mol. The molecular formula is C12H23N3O3. The Morgan fingerprint density at radius 2 is 1.83 bits per heavy atom. The van der Waals surface area contributed by atoms with Crippen molar-refractivity contribution in [3.63, 3.8) is 0 Å². The van der Waals surface area contributed by atoms with Gasteiger partial charge in [-0.2, -0.15) is 0 Å². The average molecular weight is 257 g/mol. The van der Waals surface area contributed by atoms with E-state index in [1.54, 1.807) is 0 Å². The average Bonchev–Trinajstić information content (AvgIpc) is 2.24. The second-order valence-electron chi connectivity index (χ2n) is 5.75. The predicted molar refractivity (Wildman–Crippen MR) is 67.9 cm³/mol. The molecule has 1 saturated heterocycles. The van der Waals surface area contributed by atoms with Crippen LogP contribution in [0, 0.1) is 0 Å². The van der Waals surface area contributed by atoms with Gasteiger partial charge in [-0.05, 0) is 33.6 Å². The molecule has 0 radical (unpaired) electrons. The molecule has 18 heavy (non-hydrogen) atoms. The normalized spacial score (nSPS) is 19.1. The van der Waals surface area contributed by atoms with Crippen molar-refractivity contribution < 1.29 is 14.3 Å². The zero-order valence-electron chi connectivity index (χ0n) is 11.3. The number of rotatable bonds is 3. The van der Waals surface area contributed by atoms with Gasteiger partial charge in [0.25, 0.3) is 0 Å². The minimum Gasteiger partial charge on any atom is -0.381 e. The van der Waals surface area contributed by atoms with Crippen molar-refractivity contribution in [3.8, 4) is 0 Å². The van der Waals surface area contributed by atoms with Crippen LogP contribution >= 0.6 is 0 Å². The molecule has 0 saturated carbocycles. The number of carbonyl (C=O) groups is 2. The molecule has 0 bridgehead atoms. The second-order valence-corrected chi connectivity index (χ2v) is 5.75. The van der Waals surface area contributed by atoms with Gasteiger partial charge in [-0.1, -0.05) is 0 Å². The van der Waals surface area contributed by atoms with Gasteiger partial charge in [0.1, 0.15) is 0 Å². The molecule has 104 valence electrons. The maximum atomic E-state index is 11.9. The van der Waals surface area contributed by atoms with Crippen LogP contribution in [0.25, 0.3) is 0 Å². The molecule has 0 aromatic carbocycles. The van der Waals surface area contributed by atoms with Crippen LogP contribution in [0.15, 0.2) is 0 Å². The van der Waals surface area contributed by atoms with Gasteiger partial charge in [-0.15, -0.1) is 0 Å². The van der Waals surface area contributed by atoms with E-state index < -0.39 is 5.54 Å². The van der Waals surface area contributed by atoms with E-state index >= 15 is 0 Å². The van der Waals surface area contributed by atoms with Crippen LogP contribution in [0.1, 0.15) is 33.6 Å². The zero-order chi connectivity index (χ0) is 13.8. The lowest BCUT2D eigenvalue weighted by atomic mass is 9.90. The number of hydrogen-bond donors (Lipinski definition) is 3. The van der Waals surface area contributed by atoms with E-state index in [4.69, 9.17) is 10.5 Å². The number of amides is 2. The first-order valence-electron chi connectivity index (χ1n) is 6.19. The minimum atomic E-state index is -0.903. The fourth-order valence-corrected chi connectivity index (χ4v) is 1.76. The number of nitrogens with one attached hydrogen (secondary N) is 2. The van der Waals surface area contributed by atoms with Crippen LogP contribution in [0.5, 0.6) is 0 Å². The molecule has 1 aliphatic heterocycles. The van der Waals surface area contributed by atoms with Crippen molar-refractivity contribution in [2.75, 3.05) is 19.8 Å². The number of ether oxygens (including phenoxy) is 1. The molecule has 1 rings (SSSR count).